The second-order valence-corrected chi connectivity index (χ2v) is 4.41. The van der Waals surface area contributed by atoms with E-state index in [2.05, 4.69) is 41.2 Å². The summed E-state index contributed by atoms with van der Waals surface area (Å²) in [5, 5.41) is 1.20. The molecular formula is C15H14N2. The van der Waals surface area contributed by atoms with Crippen LogP contribution in [-0.2, 0) is 6.42 Å². The zero-order chi connectivity index (χ0) is 11.7. The molecule has 0 aliphatic carbocycles. The van der Waals surface area contributed by atoms with Gasteiger partial charge in [-0.3, -0.25) is 9.98 Å². The summed E-state index contributed by atoms with van der Waals surface area (Å²) in [7, 11) is 0. The summed E-state index contributed by atoms with van der Waals surface area (Å²) in [5.41, 5.74) is 4.93. The molecule has 0 radical (unpaired) electrons. The van der Waals surface area contributed by atoms with Crippen LogP contribution in [0.5, 0.6) is 0 Å². The van der Waals surface area contributed by atoms with Crippen molar-refractivity contribution in [2.24, 2.45) is 4.99 Å². The molecule has 2 heteroatoms. The minimum absolute atomic E-state index is 0.886. The van der Waals surface area contributed by atoms with E-state index < -0.39 is 0 Å². The number of fused-ring (bicyclic) bond motifs is 1. The van der Waals surface area contributed by atoms with Crippen LogP contribution in [0.4, 0.5) is 0 Å². The van der Waals surface area contributed by atoms with Crippen LogP contribution < -0.4 is 0 Å². The van der Waals surface area contributed by atoms with Crippen LogP contribution >= 0.6 is 0 Å². The molecule has 17 heavy (non-hydrogen) atoms. The number of hydrogen-bond acceptors (Lipinski definition) is 2. The first-order chi connectivity index (χ1) is 8.34. The lowest BCUT2D eigenvalue weighted by Gasteiger charge is -2.06. The fourth-order valence-electron chi connectivity index (χ4n) is 2.21. The Morgan fingerprint density at radius 2 is 2.06 bits per heavy atom. The number of aromatic nitrogens is 1. The Labute approximate surface area is 101 Å². The number of hydrogen-bond donors (Lipinski definition) is 0. The number of benzene rings is 1. The van der Waals surface area contributed by atoms with Crippen molar-refractivity contribution in [2.45, 2.75) is 19.8 Å². The Kier molecular flexibility index (Phi) is 2.48. The summed E-state index contributed by atoms with van der Waals surface area (Å²) in [6, 6.07) is 10.4. The van der Waals surface area contributed by atoms with Crippen LogP contribution in [0.3, 0.4) is 0 Å². The second-order valence-electron chi connectivity index (χ2n) is 4.41. The Bertz CT molecular complexity index is 618. The number of para-hydroxylation sites is 1. The standard InChI is InChI=1S/C15H14N2/c1-11-7-9-16-14(11)10-13-5-2-4-12-6-3-8-17-15(12)13/h2-6,8-9H,7,10H2,1H3. The summed E-state index contributed by atoms with van der Waals surface area (Å²) in [5.74, 6) is 0. The molecule has 0 atom stereocenters. The maximum absolute atomic E-state index is 4.47. The monoisotopic (exact) mass is 222 g/mol. The zero-order valence-electron chi connectivity index (χ0n) is 9.85. The number of rotatable bonds is 2. The number of allylic oxidation sites excluding steroid dienone is 2. The second kappa shape index (κ2) is 4.13. The minimum atomic E-state index is 0.886. The highest BCUT2D eigenvalue weighted by Crippen LogP contribution is 2.23. The number of aliphatic imine (C=N–C) groups is 1. The maximum atomic E-state index is 4.47. The van der Waals surface area contributed by atoms with E-state index in [4.69, 9.17) is 0 Å². The Morgan fingerprint density at radius 1 is 1.18 bits per heavy atom. The van der Waals surface area contributed by atoms with Gasteiger partial charge in [-0.2, -0.15) is 0 Å². The van der Waals surface area contributed by atoms with Gasteiger partial charge in [-0.05, 0) is 24.1 Å². The van der Waals surface area contributed by atoms with Gasteiger partial charge in [-0.1, -0.05) is 24.3 Å². The molecule has 0 saturated carbocycles. The zero-order valence-corrected chi connectivity index (χ0v) is 9.85. The van der Waals surface area contributed by atoms with Gasteiger partial charge in [0.1, 0.15) is 0 Å². The SMILES string of the molecule is CC1=C(Cc2cccc3cccnc23)N=CC1. The first kappa shape index (κ1) is 10.2. The predicted octanol–water partition coefficient (Wildman–Crippen LogP) is 3.53. The minimum Gasteiger partial charge on any atom is -0.265 e. The molecule has 1 aromatic heterocycles. The van der Waals surface area contributed by atoms with Crippen LogP contribution in [0.1, 0.15) is 18.9 Å². The molecule has 0 amide bonds. The lowest BCUT2D eigenvalue weighted by Crippen LogP contribution is -1.92. The van der Waals surface area contributed by atoms with E-state index in [-0.39, 0.29) is 0 Å². The van der Waals surface area contributed by atoms with Crippen molar-refractivity contribution in [3.05, 3.63) is 53.4 Å². The van der Waals surface area contributed by atoms with E-state index in [9.17, 15) is 0 Å². The summed E-state index contributed by atoms with van der Waals surface area (Å²) in [4.78, 5) is 8.92. The molecule has 0 spiro atoms. The topological polar surface area (TPSA) is 25.2 Å². The first-order valence-electron chi connectivity index (χ1n) is 5.88. The Balaban J connectivity index is 2.06. The molecule has 0 bridgehead atoms. The van der Waals surface area contributed by atoms with Gasteiger partial charge in [0.05, 0.1) is 5.52 Å². The molecule has 1 aliphatic rings. The molecule has 1 aliphatic heterocycles. The lowest BCUT2D eigenvalue weighted by molar-refractivity contribution is 1.08. The van der Waals surface area contributed by atoms with Crippen molar-refractivity contribution >= 4 is 17.1 Å². The van der Waals surface area contributed by atoms with E-state index in [0.29, 0.717) is 0 Å². The highest BCUT2D eigenvalue weighted by molar-refractivity contribution is 5.82. The van der Waals surface area contributed by atoms with Crippen LogP contribution in [0.2, 0.25) is 0 Å². The van der Waals surface area contributed by atoms with Crippen molar-refractivity contribution in [3.8, 4) is 0 Å². The summed E-state index contributed by atoms with van der Waals surface area (Å²) >= 11 is 0. The van der Waals surface area contributed by atoms with Crippen molar-refractivity contribution in [3.63, 3.8) is 0 Å². The molecule has 84 valence electrons. The van der Waals surface area contributed by atoms with Gasteiger partial charge >= 0.3 is 0 Å². The smallest absolute Gasteiger partial charge is 0.0737 e. The Hall–Kier alpha value is -1.96. The van der Waals surface area contributed by atoms with E-state index >= 15 is 0 Å². The van der Waals surface area contributed by atoms with E-state index in [1.54, 1.807) is 0 Å². The largest absolute Gasteiger partial charge is 0.265 e. The molecule has 3 rings (SSSR count). The molecule has 2 nitrogen and oxygen atoms in total. The van der Waals surface area contributed by atoms with E-state index in [1.807, 2.05) is 18.5 Å². The highest BCUT2D eigenvalue weighted by atomic mass is 14.8. The summed E-state index contributed by atoms with van der Waals surface area (Å²) in [6.07, 6.45) is 5.72. The van der Waals surface area contributed by atoms with Crippen LogP contribution in [-0.4, -0.2) is 11.2 Å². The van der Waals surface area contributed by atoms with Gasteiger partial charge in [0.25, 0.3) is 0 Å². The molecule has 2 aromatic rings. The van der Waals surface area contributed by atoms with Gasteiger partial charge in [0, 0.05) is 36.3 Å². The normalized spacial score (nSPS) is 14.9. The Morgan fingerprint density at radius 3 is 2.88 bits per heavy atom. The van der Waals surface area contributed by atoms with Crippen molar-refractivity contribution in [1.29, 1.82) is 0 Å². The van der Waals surface area contributed by atoms with E-state index in [1.165, 1.54) is 22.2 Å². The quantitative estimate of drug-likeness (QED) is 0.763. The molecule has 0 unspecified atom stereocenters. The van der Waals surface area contributed by atoms with Gasteiger partial charge in [-0.15, -0.1) is 0 Å². The van der Waals surface area contributed by atoms with Crippen LogP contribution in [0.15, 0.2) is 52.8 Å². The fourth-order valence-corrected chi connectivity index (χ4v) is 2.21. The number of pyridine rings is 1. The van der Waals surface area contributed by atoms with Crippen molar-refractivity contribution in [1.82, 2.24) is 4.98 Å². The highest BCUT2D eigenvalue weighted by Gasteiger charge is 2.09. The summed E-state index contributed by atoms with van der Waals surface area (Å²) in [6.45, 7) is 2.15. The number of nitrogens with zero attached hydrogens (tertiary/aromatic N) is 2. The van der Waals surface area contributed by atoms with Gasteiger partial charge in [-0.25, -0.2) is 0 Å². The maximum Gasteiger partial charge on any atom is 0.0737 e. The predicted molar refractivity (Wildman–Crippen MR) is 71.3 cm³/mol. The molecular weight excluding hydrogens is 208 g/mol. The third-order valence-corrected chi connectivity index (χ3v) is 3.21. The molecule has 0 saturated heterocycles. The summed E-state index contributed by atoms with van der Waals surface area (Å²) < 4.78 is 0. The third kappa shape index (κ3) is 1.86. The van der Waals surface area contributed by atoms with Gasteiger partial charge in [0.15, 0.2) is 0 Å². The van der Waals surface area contributed by atoms with Gasteiger partial charge in [0.2, 0.25) is 0 Å². The third-order valence-electron chi connectivity index (χ3n) is 3.21. The van der Waals surface area contributed by atoms with Crippen molar-refractivity contribution < 1.29 is 0 Å². The van der Waals surface area contributed by atoms with Gasteiger partial charge < -0.3 is 0 Å². The average molecular weight is 222 g/mol. The molecule has 0 N–H and O–H groups in total. The van der Waals surface area contributed by atoms with Crippen LogP contribution in [0, 0.1) is 0 Å². The first-order valence-corrected chi connectivity index (χ1v) is 5.88. The van der Waals surface area contributed by atoms with Crippen molar-refractivity contribution in [2.75, 3.05) is 0 Å². The molecule has 1 aromatic carbocycles. The molecule has 2 heterocycles. The lowest BCUT2D eigenvalue weighted by atomic mass is 10.0. The van der Waals surface area contributed by atoms with Crippen LogP contribution in [0.25, 0.3) is 10.9 Å². The fraction of sp³-hybridized carbons (Fsp3) is 0.200. The van der Waals surface area contributed by atoms with E-state index in [0.717, 1.165) is 18.4 Å². The average Bonchev–Trinajstić information content (AvgIpc) is 2.76. The molecule has 0 fully saturated rings.